The van der Waals surface area contributed by atoms with Gasteiger partial charge in [0.15, 0.2) is 0 Å². The summed E-state index contributed by atoms with van der Waals surface area (Å²) < 4.78 is 0. The molecule has 0 bridgehead atoms. The fourth-order valence-corrected chi connectivity index (χ4v) is 4.68. The maximum Gasteiger partial charge on any atom is 0.294 e. The van der Waals surface area contributed by atoms with Crippen LogP contribution in [0.5, 0.6) is 0 Å². The quantitative estimate of drug-likeness (QED) is 0.548. The van der Waals surface area contributed by atoms with E-state index in [0.717, 1.165) is 39.1 Å². The Balaban J connectivity index is 1.44. The number of carbonyl (C=O) groups is 3. The Labute approximate surface area is 178 Å². The zero-order valence-corrected chi connectivity index (χ0v) is 17.6. The van der Waals surface area contributed by atoms with Crippen molar-refractivity contribution in [1.29, 1.82) is 0 Å². The molecule has 0 unspecified atom stereocenters. The zero-order chi connectivity index (χ0) is 20.4. The van der Waals surface area contributed by atoms with Crippen LogP contribution >= 0.6 is 23.5 Å². The van der Waals surface area contributed by atoms with Gasteiger partial charge in [0.1, 0.15) is 6.54 Å². The number of amides is 3. The molecule has 148 valence electrons. The average Bonchev–Trinajstić information content (AvgIpc) is 3.01. The third-order valence-corrected chi connectivity index (χ3v) is 6.71. The number of carbonyl (C=O) groups excluding carboxylic acids is 3. The minimum Gasteiger partial charge on any atom is -0.336 e. The van der Waals surface area contributed by atoms with E-state index in [2.05, 4.69) is 6.07 Å². The summed E-state index contributed by atoms with van der Waals surface area (Å²) in [4.78, 5) is 42.0. The molecule has 2 heterocycles. The van der Waals surface area contributed by atoms with Gasteiger partial charge in [-0.15, -0.1) is 11.8 Å². The fourth-order valence-electron chi connectivity index (χ4n) is 3.43. The van der Waals surface area contributed by atoms with E-state index in [1.165, 1.54) is 5.56 Å². The number of nitrogens with zero attached hydrogens (tertiary/aromatic N) is 2. The predicted octanol–water partition coefficient (Wildman–Crippen LogP) is 4.03. The Kier molecular flexibility index (Phi) is 5.78. The van der Waals surface area contributed by atoms with Crippen molar-refractivity contribution in [2.45, 2.75) is 17.9 Å². The lowest BCUT2D eigenvalue weighted by Crippen LogP contribution is -2.44. The van der Waals surface area contributed by atoms with Gasteiger partial charge in [-0.1, -0.05) is 36.4 Å². The molecule has 0 saturated carbocycles. The molecule has 2 aromatic carbocycles. The van der Waals surface area contributed by atoms with Crippen molar-refractivity contribution in [2.75, 3.05) is 19.3 Å². The number of hydrogen-bond acceptors (Lipinski definition) is 5. The first-order valence-corrected chi connectivity index (χ1v) is 11.3. The Morgan fingerprint density at radius 2 is 1.83 bits per heavy atom. The summed E-state index contributed by atoms with van der Waals surface area (Å²) in [6, 6.07) is 15.8. The number of hydrogen-bond donors (Lipinski definition) is 0. The van der Waals surface area contributed by atoms with E-state index in [0.29, 0.717) is 18.0 Å². The molecular weight excluding hydrogens is 404 g/mol. The van der Waals surface area contributed by atoms with Gasteiger partial charge in [-0.3, -0.25) is 19.3 Å². The van der Waals surface area contributed by atoms with Crippen molar-refractivity contribution in [3.8, 4) is 0 Å². The van der Waals surface area contributed by atoms with E-state index in [4.69, 9.17) is 0 Å². The van der Waals surface area contributed by atoms with Crippen LogP contribution in [0.15, 0.2) is 58.3 Å². The van der Waals surface area contributed by atoms with Crippen molar-refractivity contribution < 1.29 is 14.4 Å². The van der Waals surface area contributed by atoms with E-state index in [9.17, 15) is 14.4 Å². The molecule has 3 amide bonds. The van der Waals surface area contributed by atoms with Crippen molar-refractivity contribution >= 4 is 46.7 Å². The van der Waals surface area contributed by atoms with Gasteiger partial charge in [-0.05, 0) is 59.3 Å². The van der Waals surface area contributed by atoms with Gasteiger partial charge >= 0.3 is 0 Å². The Bertz CT molecular complexity index is 1000. The van der Waals surface area contributed by atoms with E-state index >= 15 is 0 Å². The largest absolute Gasteiger partial charge is 0.336 e. The van der Waals surface area contributed by atoms with Gasteiger partial charge in [0, 0.05) is 18.0 Å². The molecule has 1 fully saturated rings. The number of thioether (sulfide) groups is 2. The third-order valence-electron chi connectivity index (χ3n) is 5.06. The molecule has 1 saturated heterocycles. The highest BCUT2D eigenvalue weighted by Gasteiger charge is 2.37. The van der Waals surface area contributed by atoms with Gasteiger partial charge in [-0.2, -0.15) is 0 Å². The van der Waals surface area contributed by atoms with Crippen LogP contribution in [-0.2, 0) is 22.6 Å². The molecular formula is C22H20N2O3S2. The van der Waals surface area contributed by atoms with Crippen LogP contribution < -0.4 is 0 Å². The monoisotopic (exact) mass is 424 g/mol. The first kappa shape index (κ1) is 19.8. The molecule has 0 aliphatic carbocycles. The molecule has 2 aliphatic heterocycles. The second-order valence-electron chi connectivity index (χ2n) is 6.88. The van der Waals surface area contributed by atoms with E-state index < -0.39 is 11.1 Å². The highest BCUT2D eigenvalue weighted by atomic mass is 32.2. The number of fused-ring (bicyclic) bond motifs is 1. The minimum absolute atomic E-state index is 0.202. The van der Waals surface area contributed by atoms with Crippen LogP contribution in [-0.4, -0.2) is 46.2 Å². The fraction of sp³-hybridized carbons (Fsp3) is 0.227. The molecule has 0 N–H and O–H groups in total. The van der Waals surface area contributed by atoms with Gasteiger partial charge < -0.3 is 4.90 Å². The van der Waals surface area contributed by atoms with Crippen LogP contribution in [0.2, 0.25) is 0 Å². The second-order valence-corrected chi connectivity index (χ2v) is 8.75. The maximum atomic E-state index is 12.7. The van der Waals surface area contributed by atoms with Gasteiger partial charge in [0.05, 0.1) is 4.91 Å². The number of rotatable bonds is 4. The summed E-state index contributed by atoms with van der Waals surface area (Å²) in [6.07, 6.45) is 4.49. The summed E-state index contributed by atoms with van der Waals surface area (Å²) in [5.41, 5.74) is 3.22. The number of imide groups is 1. The van der Waals surface area contributed by atoms with Gasteiger partial charge in [0.2, 0.25) is 5.91 Å². The molecule has 0 aromatic heterocycles. The Morgan fingerprint density at radius 3 is 2.55 bits per heavy atom. The normalized spacial score (nSPS) is 17.8. The topological polar surface area (TPSA) is 57.7 Å². The summed E-state index contributed by atoms with van der Waals surface area (Å²) in [6.45, 7) is 0.905. The summed E-state index contributed by atoms with van der Waals surface area (Å²) >= 11 is 2.53. The maximum absolute atomic E-state index is 12.7. The molecule has 2 aromatic rings. The summed E-state index contributed by atoms with van der Waals surface area (Å²) in [5.74, 6) is -0.605. The summed E-state index contributed by atoms with van der Waals surface area (Å²) in [5, 5.41) is -0.396. The highest BCUT2D eigenvalue weighted by molar-refractivity contribution is 8.18. The van der Waals surface area contributed by atoms with Crippen LogP contribution in [0.1, 0.15) is 16.7 Å². The molecule has 5 nitrogen and oxygen atoms in total. The lowest BCUT2D eigenvalue weighted by Gasteiger charge is -2.29. The lowest BCUT2D eigenvalue weighted by atomic mass is 10.00. The predicted molar refractivity (Wildman–Crippen MR) is 116 cm³/mol. The third kappa shape index (κ3) is 4.26. The van der Waals surface area contributed by atoms with Crippen molar-refractivity contribution in [1.82, 2.24) is 9.80 Å². The van der Waals surface area contributed by atoms with E-state index in [1.54, 1.807) is 22.7 Å². The van der Waals surface area contributed by atoms with Crippen LogP contribution in [0.3, 0.4) is 0 Å². The first-order chi connectivity index (χ1) is 14.0. The molecule has 0 atom stereocenters. The first-order valence-electron chi connectivity index (χ1n) is 9.29. The Morgan fingerprint density at radius 1 is 1.10 bits per heavy atom. The molecule has 2 aliphatic rings. The second kappa shape index (κ2) is 8.47. The zero-order valence-electron chi connectivity index (χ0n) is 16.0. The van der Waals surface area contributed by atoms with Crippen molar-refractivity contribution in [2.24, 2.45) is 0 Å². The average molecular weight is 425 g/mol. The highest BCUT2D eigenvalue weighted by Crippen LogP contribution is 2.32. The van der Waals surface area contributed by atoms with E-state index in [-0.39, 0.29) is 12.5 Å². The standard InChI is InChI=1S/C22H20N2O3S2/c1-28-18-8-6-15(7-9-18)12-19-21(26)24(22(27)29-19)14-20(25)23-11-10-16-4-2-3-5-17(16)13-23/h2-9,12H,10-11,13-14H2,1H3/b19-12-. The van der Waals surface area contributed by atoms with Crippen LogP contribution in [0.25, 0.3) is 6.08 Å². The molecule has 29 heavy (non-hydrogen) atoms. The minimum atomic E-state index is -0.403. The molecule has 7 heteroatoms. The van der Waals surface area contributed by atoms with Crippen molar-refractivity contribution in [3.63, 3.8) is 0 Å². The number of benzene rings is 2. The summed E-state index contributed by atoms with van der Waals surface area (Å²) in [7, 11) is 0. The SMILES string of the molecule is CSc1ccc(/C=C2\SC(=O)N(CC(=O)N3CCc4ccccc4C3)C2=O)cc1. The van der Waals surface area contributed by atoms with E-state index in [1.807, 2.05) is 48.7 Å². The molecule has 0 spiro atoms. The lowest BCUT2D eigenvalue weighted by molar-refractivity contribution is -0.136. The Hall–Kier alpha value is -2.51. The molecule has 4 rings (SSSR count). The van der Waals surface area contributed by atoms with Crippen LogP contribution in [0.4, 0.5) is 4.79 Å². The van der Waals surface area contributed by atoms with Crippen LogP contribution in [0, 0.1) is 0 Å². The van der Waals surface area contributed by atoms with Gasteiger partial charge in [-0.25, -0.2) is 0 Å². The van der Waals surface area contributed by atoms with Gasteiger partial charge in [0.25, 0.3) is 11.1 Å². The van der Waals surface area contributed by atoms with Crippen molar-refractivity contribution in [3.05, 3.63) is 70.1 Å². The molecule has 0 radical (unpaired) electrons. The smallest absolute Gasteiger partial charge is 0.294 e.